The summed E-state index contributed by atoms with van der Waals surface area (Å²) in [5.74, 6) is -4.29. The van der Waals surface area contributed by atoms with Gasteiger partial charge in [0.05, 0.1) is 10.6 Å². The average molecular weight is 365 g/mol. The van der Waals surface area contributed by atoms with Gasteiger partial charge in [-0.15, -0.1) is 0 Å². The van der Waals surface area contributed by atoms with Crippen molar-refractivity contribution in [2.75, 3.05) is 5.32 Å². The molecule has 0 saturated heterocycles. The maximum absolute atomic E-state index is 13.4. The zero-order valence-electron chi connectivity index (χ0n) is 9.68. The third kappa shape index (κ3) is 2.96. The Morgan fingerprint density at radius 3 is 2.35 bits per heavy atom. The number of halogens is 5. The van der Waals surface area contributed by atoms with E-state index in [0.29, 0.717) is 16.6 Å². The molecule has 7 heteroatoms. The number of carbonyl (C=O) groups is 1. The van der Waals surface area contributed by atoms with E-state index in [2.05, 4.69) is 15.9 Å². The minimum absolute atomic E-state index is 0.0316. The molecule has 0 fully saturated rings. The lowest BCUT2D eigenvalue weighted by Crippen LogP contribution is -2.15. The largest absolute Gasteiger partial charge is 0.317 e. The van der Waals surface area contributed by atoms with Crippen molar-refractivity contribution < 1.29 is 18.0 Å². The Hall–Kier alpha value is -1.53. The smallest absolute Gasteiger partial charge is 0.257 e. The maximum Gasteiger partial charge on any atom is 0.257 e. The summed E-state index contributed by atoms with van der Waals surface area (Å²) in [6, 6.07) is 5.49. The molecule has 0 unspecified atom stereocenters. The van der Waals surface area contributed by atoms with Crippen LogP contribution in [-0.2, 0) is 0 Å². The van der Waals surface area contributed by atoms with Crippen molar-refractivity contribution in [3.8, 4) is 0 Å². The number of nitrogens with one attached hydrogen (secondary N) is 1. The van der Waals surface area contributed by atoms with Gasteiger partial charge in [-0.25, -0.2) is 13.2 Å². The normalized spacial score (nSPS) is 10.4. The van der Waals surface area contributed by atoms with Crippen LogP contribution >= 0.6 is 27.5 Å². The predicted molar refractivity (Wildman–Crippen MR) is 73.4 cm³/mol. The van der Waals surface area contributed by atoms with Gasteiger partial charge in [-0.3, -0.25) is 4.79 Å². The first-order valence-corrected chi connectivity index (χ1v) is 6.47. The van der Waals surface area contributed by atoms with Crippen molar-refractivity contribution in [1.29, 1.82) is 0 Å². The average Bonchev–Trinajstić information content (AvgIpc) is 2.36. The van der Waals surface area contributed by atoms with Gasteiger partial charge in [0.2, 0.25) is 0 Å². The standard InChI is InChI=1S/C13H6BrClF3NO/c14-8-3-1-2-7(11(8)15)13(20)19-12-9(17)4-6(16)5-10(12)18/h1-5H,(H,19,20). The summed E-state index contributed by atoms with van der Waals surface area (Å²) in [4.78, 5) is 11.9. The molecule has 1 N–H and O–H groups in total. The lowest BCUT2D eigenvalue weighted by molar-refractivity contribution is 0.102. The fourth-order valence-corrected chi connectivity index (χ4v) is 2.10. The van der Waals surface area contributed by atoms with Crippen molar-refractivity contribution in [1.82, 2.24) is 0 Å². The lowest BCUT2D eigenvalue weighted by atomic mass is 10.2. The van der Waals surface area contributed by atoms with E-state index >= 15 is 0 Å². The van der Waals surface area contributed by atoms with Gasteiger partial charge in [0.1, 0.15) is 11.5 Å². The van der Waals surface area contributed by atoms with E-state index in [0.717, 1.165) is 0 Å². The highest BCUT2D eigenvalue weighted by atomic mass is 79.9. The Labute approximate surface area is 125 Å². The van der Waals surface area contributed by atoms with Crippen molar-refractivity contribution in [3.05, 3.63) is 62.8 Å². The van der Waals surface area contributed by atoms with E-state index in [1.165, 1.54) is 6.07 Å². The summed E-state index contributed by atoms with van der Waals surface area (Å²) < 4.78 is 40.1. The van der Waals surface area contributed by atoms with Crippen LogP contribution in [0.4, 0.5) is 18.9 Å². The highest BCUT2D eigenvalue weighted by molar-refractivity contribution is 9.10. The molecule has 0 radical (unpaired) electrons. The summed E-state index contributed by atoms with van der Waals surface area (Å²) in [5, 5.41) is 2.13. The molecule has 0 heterocycles. The highest BCUT2D eigenvalue weighted by Gasteiger charge is 2.17. The van der Waals surface area contributed by atoms with Crippen LogP contribution in [0.1, 0.15) is 10.4 Å². The molecule has 0 atom stereocenters. The van der Waals surface area contributed by atoms with Gasteiger partial charge in [-0.2, -0.15) is 0 Å². The van der Waals surface area contributed by atoms with E-state index < -0.39 is 29.0 Å². The molecular weight excluding hydrogens is 358 g/mol. The van der Waals surface area contributed by atoms with Gasteiger partial charge in [-0.1, -0.05) is 17.7 Å². The van der Waals surface area contributed by atoms with Crippen molar-refractivity contribution in [3.63, 3.8) is 0 Å². The SMILES string of the molecule is O=C(Nc1c(F)cc(F)cc1F)c1cccc(Br)c1Cl. The van der Waals surface area contributed by atoms with Crippen molar-refractivity contribution in [2.45, 2.75) is 0 Å². The number of anilines is 1. The van der Waals surface area contributed by atoms with Crippen LogP contribution in [0.15, 0.2) is 34.8 Å². The second-order valence-electron chi connectivity index (χ2n) is 3.80. The van der Waals surface area contributed by atoms with Gasteiger partial charge in [-0.05, 0) is 28.1 Å². The van der Waals surface area contributed by atoms with E-state index in [4.69, 9.17) is 11.6 Å². The summed E-state index contributed by atoms with van der Waals surface area (Å²) in [6.07, 6.45) is 0. The summed E-state index contributed by atoms with van der Waals surface area (Å²) in [6.45, 7) is 0. The molecule has 0 aliphatic carbocycles. The third-order valence-electron chi connectivity index (χ3n) is 2.44. The Kier molecular flexibility index (Phi) is 4.35. The van der Waals surface area contributed by atoms with Crippen LogP contribution in [0, 0.1) is 17.5 Å². The van der Waals surface area contributed by atoms with Crippen molar-refractivity contribution >= 4 is 39.1 Å². The van der Waals surface area contributed by atoms with Crippen LogP contribution < -0.4 is 5.32 Å². The molecule has 104 valence electrons. The molecule has 0 saturated carbocycles. The Morgan fingerprint density at radius 2 is 1.75 bits per heavy atom. The molecule has 2 nitrogen and oxygen atoms in total. The van der Waals surface area contributed by atoms with E-state index in [-0.39, 0.29) is 10.6 Å². The van der Waals surface area contributed by atoms with E-state index in [9.17, 15) is 18.0 Å². The van der Waals surface area contributed by atoms with Gasteiger partial charge in [0.15, 0.2) is 11.6 Å². The van der Waals surface area contributed by atoms with Crippen LogP contribution in [0.25, 0.3) is 0 Å². The first-order valence-electron chi connectivity index (χ1n) is 5.30. The molecular formula is C13H6BrClF3NO. The minimum Gasteiger partial charge on any atom is -0.317 e. The zero-order valence-corrected chi connectivity index (χ0v) is 12.0. The Balaban J connectivity index is 2.36. The van der Waals surface area contributed by atoms with E-state index in [1.54, 1.807) is 12.1 Å². The lowest BCUT2D eigenvalue weighted by Gasteiger charge is -2.09. The number of hydrogen-bond donors (Lipinski definition) is 1. The van der Waals surface area contributed by atoms with Crippen LogP contribution in [0.5, 0.6) is 0 Å². The Bertz CT molecular complexity index is 670. The second kappa shape index (κ2) is 5.85. The summed E-state index contributed by atoms with van der Waals surface area (Å²) in [5.41, 5.74) is -0.698. The Morgan fingerprint density at radius 1 is 1.15 bits per heavy atom. The topological polar surface area (TPSA) is 29.1 Å². The fraction of sp³-hybridized carbons (Fsp3) is 0. The number of rotatable bonds is 2. The first kappa shape index (κ1) is 14.9. The highest BCUT2D eigenvalue weighted by Crippen LogP contribution is 2.27. The van der Waals surface area contributed by atoms with Crippen LogP contribution in [0.2, 0.25) is 5.02 Å². The van der Waals surface area contributed by atoms with Gasteiger partial charge < -0.3 is 5.32 Å². The van der Waals surface area contributed by atoms with Crippen LogP contribution in [0.3, 0.4) is 0 Å². The van der Waals surface area contributed by atoms with Gasteiger partial charge in [0, 0.05) is 16.6 Å². The third-order valence-corrected chi connectivity index (χ3v) is 3.74. The van der Waals surface area contributed by atoms with Crippen molar-refractivity contribution in [2.24, 2.45) is 0 Å². The predicted octanol–water partition coefficient (Wildman–Crippen LogP) is 4.77. The quantitative estimate of drug-likeness (QED) is 0.817. The fourth-order valence-electron chi connectivity index (χ4n) is 1.52. The first-order chi connectivity index (χ1) is 9.40. The molecule has 0 aliphatic heterocycles. The molecule has 0 bridgehead atoms. The molecule has 20 heavy (non-hydrogen) atoms. The van der Waals surface area contributed by atoms with Crippen LogP contribution in [-0.4, -0.2) is 5.91 Å². The zero-order chi connectivity index (χ0) is 14.9. The molecule has 1 amide bonds. The molecule has 0 aromatic heterocycles. The van der Waals surface area contributed by atoms with Gasteiger partial charge in [0.25, 0.3) is 5.91 Å². The molecule has 2 aromatic carbocycles. The molecule has 0 spiro atoms. The number of carbonyl (C=O) groups excluding carboxylic acids is 1. The molecule has 2 rings (SSSR count). The second-order valence-corrected chi connectivity index (χ2v) is 5.03. The maximum atomic E-state index is 13.4. The van der Waals surface area contributed by atoms with E-state index in [1.807, 2.05) is 5.32 Å². The van der Waals surface area contributed by atoms with Gasteiger partial charge >= 0.3 is 0 Å². The number of hydrogen-bond acceptors (Lipinski definition) is 1. The molecule has 0 aliphatic rings. The summed E-state index contributed by atoms with van der Waals surface area (Å²) >= 11 is 9.03. The number of amides is 1. The monoisotopic (exact) mass is 363 g/mol. The summed E-state index contributed by atoms with van der Waals surface area (Å²) in [7, 11) is 0. The minimum atomic E-state index is -1.21. The number of benzene rings is 2. The molecule has 2 aromatic rings.